The average molecular weight is 414 g/mol. The highest BCUT2D eigenvalue weighted by Crippen LogP contribution is 2.33. The molecular weight excluding hydrogens is 397 g/mol. The Morgan fingerprint density at radius 2 is 2.08 bits per heavy atom. The summed E-state index contributed by atoms with van der Waals surface area (Å²) in [7, 11) is 0. The summed E-state index contributed by atoms with van der Waals surface area (Å²) in [6.07, 6.45) is 0.356. The molecule has 1 aliphatic heterocycles. The van der Waals surface area contributed by atoms with Crippen molar-refractivity contribution in [3.63, 3.8) is 0 Å². The Morgan fingerprint density at radius 1 is 1.27 bits per heavy atom. The molecule has 1 amide bonds. The van der Waals surface area contributed by atoms with Crippen molar-refractivity contribution < 1.29 is 9.18 Å². The topological polar surface area (TPSA) is 38.1 Å². The number of imidazole rings is 1. The first-order valence-corrected chi connectivity index (χ1v) is 9.16. The number of fused-ring (bicyclic) bond motifs is 1. The first-order valence-electron chi connectivity index (χ1n) is 8.37. The van der Waals surface area contributed by atoms with Gasteiger partial charge in [0, 0.05) is 29.1 Å². The van der Waals surface area contributed by atoms with E-state index in [1.165, 1.54) is 12.1 Å². The fourth-order valence-corrected chi connectivity index (χ4v) is 3.77. The number of benzene rings is 2. The van der Waals surface area contributed by atoms with Crippen LogP contribution in [0.3, 0.4) is 0 Å². The number of rotatable bonds is 4. The second kappa shape index (κ2) is 6.68. The molecule has 2 aromatic carbocycles. The van der Waals surface area contributed by atoms with Gasteiger partial charge in [0.1, 0.15) is 11.6 Å². The highest BCUT2D eigenvalue weighted by molar-refractivity contribution is 9.11. The van der Waals surface area contributed by atoms with Crippen molar-refractivity contribution in [3.05, 3.63) is 71.2 Å². The standard InChI is InChI=1S/C20H17BrFN3O/c1-13(21)11-25-18-8-3-2-7-17(18)23-20(25)14-9-19(26)24(12-14)16-6-4-5-15(22)10-16/h2-8,10,14H,1,9,11-12H2. The van der Waals surface area contributed by atoms with Gasteiger partial charge in [-0.15, -0.1) is 0 Å². The van der Waals surface area contributed by atoms with Gasteiger partial charge in [-0.1, -0.05) is 40.7 Å². The van der Waals surface area contributed by atoms with Gasteiger partial charge in [-0.05, 0) is 30.3 Å². The van der Waals surface area contributed by atoms with Crippen LogP contribution in [0.4, 0.5) is 10.1 Å². The van der Waals surface area contributed by atoms with Crippen LogP contribution in [0.1, 0.15) is 18.2 Å². The fraction of sp³-hybridized carbons (Fsp3) is 0.200. The van der Waals surface area contributed by atoms with E-state index in [0.717, 1.165) is 21.3 Å². The Kier molecular flexibility index (Phi) is 4.36. The first-order chi connectivity index (χ1) is 12.5. The number of nitrogens with zero attached hydrogens (tertiary/aromatic N) is 3. The van der Waals surface area contributed by atoms with Gasteiger partial charge in [0.2, 0.25) is 5.91 Å². The van der Waals surface area contributed by atoms with E-state index < -0.39 is 0 Å². The van der Waals surface area contributed by atoms with Crippen LogP contribution in [-0.2, 0) is 11.3 Å². The number of halogens is 2. The molecule has 0 aliphatic carbocycles. The van der Waals surface area contributed by atoms with Crippen molar-refractivity contribution in [3.8, 4) is 0 Å². The van der Waals surface area contributed by atoms with E-state index in [0.29, 0.717) is 25.2 Å². The Labute approximate surface area is 159 Å². The smallest absolute Gasteiger partial charge is 0.227 e. The number of hydrogen-bond donors (Lipinski definition) is 0. The Bertz CT molecular complexity index is 1010. The van der Waals surface area contributed by atoms with Crippen LogP contribution in [0.2, 0.25) is 0 Å². The van der Waals surface area contributed by atoms with Crippen molar-refractivity contribution in [2.75, 3.05) is 11.4 Å². The third-order valence-electron chi connectivity index (χ3n) is 4.62. The Hall–Kier alpha value is -2.47. The van der Waals surface area contributed by atoms with E-state index in [4.69, 9.17) is 4.98 Å². The zero-order valence-electron chi connectivity index (χ0n) is 14.0. The number of anilines is 1. The molecule has 1 fully saturated rings. The lowest BCUT2D eigenvalue weighted by molar-refractivity contribution is -0.117. The van der Waals surface area contributed by atoms with Crippen molar-refractivity contribution in [1.82, 2.24) is 9.55 Å². The number of aromatic nitrogens is 2. The molecule has 6 heteroatoms. The van der Waals surface area contributed by atoms with Gasteiger partial charge in [0.05, 0.1) is 17.6 Å². The van der Waals surface area contributed by atoms with Crippen molar-refractivity contribution >= 4 is 38.6 Å². The SMILES string of the molecule is C=C(Br)Cn1c(C2CC(=O)N(c3cccc(F)c3)C2)nc2ccccc21. The predicted molar refractivity (Wildman–Crippen MR) is 104 cm³/mol. The summed E-state index contributed by atoms with van der Waals surface area (Å²) in [5, 5.41) is 0. The number of carbonyl (C=O) groups excluding carboxylic acids is 1. The zero-order chi connectivity index (χ0) is 18.3. The normalized spacial score (nSPS) is 17.2. The van der Waals surface area contributed by atoms with Crippen LogP contribution in [-0.4, -0.2) is 22.0 Å². The summed E-state index contributed by atoms with van der Waals surface area (Å²) < 4.78 is 16.5. The van der Waals surface area contributed by atoms with Gasteiger partial charge < -0.3 is 9.47 Å². The van der Waals surface area contributed by atoms with Crippen LogP contribution in [0, 0.1) is 5.82 Å². The van der Waals surface area contributed by atoms with E-state index in [1.54, 1.807) is 17.0 Å². The van der Waals surface area contributed by atoms with Crippen molar-refractivity contribution in [2.45, 2.75) is 18.9 Å². The lowest BCUT2D eigenvalue weighted by atomic mass is 10.1. The van der Waals surface area contributed by atoms with E-state index in [9.17, 15) is 9.18 Å². The van der Waals surface area contributed by atoms with Gasteiger partial charge in [0.15, 0.2) is 0 Å². The first kappa shape index (κ1) is 17.0. The predicted octanol–water partition coefficient (Wildman–Crippen LogP) is 4.60. The third kappa shape index (κ3) is 3.05. The molecule has 0 spiro atoms. The highest BCUT2D eigenvalue weighted by Gasteiger charge is 2.35. The zero-order valence-corrected chi connectivity index (χ0v) is 15.6. The molecule has 3 aromatic rings. The summed E-state index contributed by atoms with van der Waals surface area (Å²) >= 11 is 3.43. The molecule has 2 heterocycles. The van der Waals surface area contributed by atoms with Gasteiger partial charge in [-0.2, -0.15) is 0 Å². The molecule has 0 bridgehead atoms. The van der Waals surface area contributed by atoms with Crippen LogP contribution >= 0.6 is 15.9 Å². The summed E-state index contributed by atoms with van der Waals surface area (Å²) in [4.78, 5) is 19.0. The maximum atomic E-state index is 13.5. The number of amides is 1. The van der Waals surface area contributed by atoms with Crippen molar-refractivity contribution in [1.29, 1.82) is 0 Å². The summed E-state index contributed by atoms with van der Waals surface area (Å²) in [5.41, 5.74) is 2.50. The molecular formula is C20H17BrFN3O. The molecule has 1 aromatic heterocycles. The van der Waals surface area contributed by atoms with Crippen LogP contribution in [0.5, 0.6) is 0 Å². The molecule has 1 aliphatic rings. The lowest BCUT2D eigenvalue weighted by Gasteiger charge is -2.17. The van der Waals surface area contributed by atoms with Crippen LogP contribution in [0.25, 0.3) is 11.0 Å². The van der Waals surface area contributed by atoms with Crippen molar-refractivity contribution in [2.24, 2.45) is 0 Å². The minimum Gasteiger partial charge on any atom is -0.323 e. The summed E-state index contributed by atoms with van der Waals surface area (Å²) in [6.45, 7) is 5.01. The minimum absolute atomic E-state index is 0.0168. The molecule has 1 atom stereocenters. The Balaban J connectivity index is 1.72. The second-order valence-electron chi connectivity index (χ2n) is 6.45. The van der Waals surface area contributed by atoms with Gasteiger partial charge in [-0.25, -0.2) is 9.37 Å². The molecule has 0 saturated carbocycles. The maximum absolute atomic E-state index is 13.5. The maximum Gasteiger partial charge on any atom is 0.227 e. The van der Waals surface area contributed by atoms with Crippen LogP contribution in [0.15, 0.2) is 59.6 Å². The molecule has 132 valence electrons. The quantitative estimate of drug-likeness (QED) is 0.626. The highest BCUT2D eigenvalue weighted by atomic mass is 79.9. The molecule has 26 heavy (non-hydrogen) atoms. The number of carbonyl (C=O) groups is 1. The molecule has 1 unspecified atom stereocenters. The molecule has 0 radical (unpaired) electrons. The largest absolute Gasteiger partial charge is 0.323 e. The number of hydrogen-bond acceptors (Lipinski definition) is 2. The number of para-hydroxylation sites is 2. The average Bonchev–Trinajstić information content (AvgIpc) is 3.16. The fourth-order valence-electron chi connectivity index (χ4n) is 3.52. The molecule has 4 nitrogen and oxygen atoms in total. The van der Waals surface area contributed by atoms with Gasteiger partial charge in [0.25, 0.3) is 0 Å². The van der Waals surface area contributed by atoms with Gasteiger partial charge >= 0.3 is 0 Å². The third-order valence-corrected chi connectivity index (χ3v) is 4.87. The second-order valence-corrected chi connectivity index (χ2v) is 7.57. The van der Waals surface area contributed by atoms with Crippen LogP contribution < -0.4 is 4.90 Å². The molecule has 4 rings (SSSR count). The lowest BCUT2D eigenvalue weighted by Crippen LogP contribution is -2.24. The Morgan fingerprint density at radius 3 is 2.85 bits per heavy atom. The molecule has 1 saturated heterocycles. The minimum atomic E-state index is -0.346. The van der Waals surface area contributed by atoms with E-state index in [-0.39, 0.29) is 17.6 Å². The molecule has 0 N–H and O–H groups in total. The number of allylic oxidation sites excluding steroid dienone is 1. The van der Waals surface area contributed by atoms with E-state index >= 15 is 0 Å². The van der Waals surface area contributed by atoms with E-state index in [2.05, 4.69) is 27.1 Å². The van der Waals surface area contributed by atoms with Gasteiger partial charge in [-0.3, -0.25) is 4.79 Å². The monoisotopic (exact) mass is 413 g/mol. The summed E-state index contributed by atoms with van der Waals surface area (Å²) in [5.74, 6) is 0.447. The summed E-state index contributed by atoms with van der Waals surface area (Å²) in [6, 6.07) is 14.1. The van der Waals surface area contributed by atoms with E-state index in [1.807, 2.05) is 24.3 Å².